The molecule has 3 heteroatoms. The average Bonchev–Trinajstić information content (AvgIpc) is 2.78. The summed E-state index contributed by atoms with van der Waals surface area (Å²) >= 11 is 0. The molecule has 19 heavy (non-hydrogen) atoms. The fourth-order valence-corrected chi connectivity index (χ4v) is 2.89. The summed E-state index contributed by atoms with van der Waals surface area (Å²) in [6.45, 7) is 2.91. The molecule has 2 aromatic rings. The smallest absolute Gasteiger partial charge is 0.0998 e. The number of benzene rings is 2. The van der Waals surface area contributed by atoms with Crippen molar-refractivity contribution in [2.45, 2.75) is 25.5 Å². The lowest BCUT2D eigenvalue weighted by molar-refractivity contribution is 0.170. The molecule has 0 amide bonds. The van der Waals surface area contributed by atoms with Crippen molar-refractivity contribution in [1.82, 2.24) is 0 Å². The normalized spacial score (nSPS) is 22.7. The minimum atomic E-state index is -0.269. The highest BCUT2D eigenvalue weighted by Gasteiger charge is 2.30. The van der Waals surface area contributed by atoms with Crippen molar-refractivity contribution in [3.05, 3.63) is 42.0 Å². The second-order valence-corrected chi connectivity index (χ2v) is 5.08. The van der Waals surface area contributed by atoms with Crippen LogP contribution in [0.4, 0.5) is 5.69 Å². The van der Waals surface area contributed by atoms with Gasteiger partial charge in [-0.15, -0.1) is 0 Å². The fraction of sp³-hybridized carbons (Fsp3) is 0.312. The largest absolute Gasteiger partial charge is 0.391 e. The Bertz CT molecular complexity index is 659. The third kappa shape index (κ3) is 1.85. The number of hydrogen-bond acceptors (Lipinski definition) is 3. The summed E-state index contributed by atoms with van der Waals surface area (Å²) in [5, 5.41) is 21.2. The topological polar surface area (TPSA) is 47.3 Å². The highest BCUT2D eigenvalue weighted by atomic mass is 16.3. The summed E-state index contributed by atoms with van der Waals surface area (Å²) in [7, 11) is 0. The molecule has 1 aliphatic rings. The molecule has 1 N–H and O–H groups in total. The van der Waals surface area contributed by atoms with Crippen LogP contribution in [-0.4, -0.2) is 23.8 Å². The van der Waals surface area contributed by atoms with Crippen LogP contribution in [0.3, 0.4) is 0 Å². The maximum Gasteiger partial charge on any atom is 0.0998 e. The van der Waals surface area contributed by atoms with Crippen LogP contribution in [0, 0.1) is 11.3 Å². The molecule has 0 unspecified atom stereocenters. The summed E-state index contributed by atoms with van der Waals surface area (Å²) in [4.78, 5) is 2.23. The fourth-order valence-electron chi connectivity index (χ4n) is 2.89. The molecule has 2 atom stereocenters. The van der Waals surface area contributed by atoms with Gasteiger partial charge in [0, 0.05) is 23.0 Å². The van der Waals surface area contributed by atoms with E-state index < -0.39 is 0 Å². The van der Waals surface area contributed by atoms with Crippen molar-refractivity contribution < 1.29 is 5.11 Å². The van der Waals surface area contributed by atoms with Crippen LogP contribution in [-0.2, 0) is 0 Å². The molecule has 0 radical (unpaired) electrons. The number of rotatable bonds is 1. The molecule has 3 rings (SSSR count). The van der Waals surface area contributed by atoms with Crippen molar-refractivity contribution in [3.63, 3.8) is 0 Å². The van der Waals surface area contributed by atoms with Crippen LogP contribution >= 0.6 is 0 Å². The van der Waals surface area contributed by atoms with E-state index in [-0.39, 0.29) is 12.1 Å². The summed E-state index contributed by atoms with van der Waals surface area (Å²) in [5.41, 5.74) is 1.81. The maximum atomic E-state index is 9.91. The molecule has 1 fully saturated rings. The van der Waals surface area contributed by atoms with Gasteiger partial charge in [-0.2, -0.15) is 5.26 Å². The van der Waals surface area contributed by atoms with Gasteiger partial charge in [0.15, 0.2) is 0 Å². The van der Waals surface area contributed by atoms with Gasteiger partial charge in [0.25, 0.3) is 0 Å². The van der Waals surface area contributed by atoms with Crippen LogP contribution in [0.2, 0.25) is 0 Å². The molecule has 1 heterocycles. The number of nitriles is 1. The van der Waals surface area contributed by atoms with Gasteiger partial charge in [-0.25, -0.2) is 0 Å². The SMILES string of the molecule is C[C@H]1[C@@H](O)CCN1c1ccc(C#N)c2ccccc12. The molecule has 2 aromatic carbocycles. The van der Waals surface area contributed by atoms with Crippen LogP contribution in [0.5, 0.6) is 0 Å². The molecular formula is C16H16N2O. The van der Waals surface area contributed by atoms with Gasteiger partial charge in [-0.05, 0) is 25.5 Å². The Labute approximate surface area is 112 Å². The first-order valence-electron chi connectivity index (χ1n) is 6.59. The van der Waals surface area contributed by atoms with Crippen molar-refractivity contribution in [1.29, 1.82) is 5.26 Å². The van der Waals surface area contributed by atoms with Crippen LogP contribution in [0.25, 0.3) is 10.8 Å². The molecule has 0 aromatic heterocycles. The van der Waals surface area contributed by atoms with E-state index in [1.807, 2.05) is 43.3 Å². The average molecular weight is 252 g/mol. The Morgan fingerprint density at radius 2 is 1.95 bits per heavy atom. The zero-order valence-corrected chi connectivity index (χ0v) is 10.9. The van der Waals surface area contributed by atoms with Gasteiger partial charge in [0.2, 0.25) is 0 Å². The van der Waals surface area contributed by atoms with Crippen molar-refractivity contribution in [3.8, 4) is 6.07 Å². The number of aliphatic hydroxyl groups excluding tert-OH is 1. The van der Waals surface area contributed by atoms with E-state index in [9.17, 15) is 10.4 Å². The molecule has 0 bridgehead atoms. The van der Waals surface area contributed by atoms with Crippen molar-refractivity contribution in [2.75, 3.05) is 11.4 Å². The number of fused-ring (bicyclic) bond motifs is 1. The summed E-state index contributed by atoms with van der Waals surface area (Å²) in [5.74, 6) is 0. The van der Waals surface area contributed by atoms with E-state index in [1.165, 1.54) is 0 Å². The Hall–Kier alpha value is -2.05. The van der Waals surface area contributed by atoms with Gasteiger partial charge in [0.05, 0.1) is 23.8 Å². The Morgan fingerprint density at radius 1 is 1.21 bits per heavy atom. The molecular weight excluding hydrogens is 236 g/mol. The van der Waals surface area contributed by atoms with Crippen molar-refractivity contribution >= 4 is 16.5 Å². The number of anilines is 1. The van der Waals surface area contributed by atoms with E-state index >= 15 is 0 Å². The van der Waals surface area contributed by atoms with E-state index in [1.54, 1.807) is 0 Å². The lowest BCUT2D eigenvalue weighted by atomic mass is 10.0. The second-order valence-electron chi connectivity index (χ2n) is 5.08. The van der Waals surface area contributed by atoms with E-state index in [0.29, 0.717) is 5.56 Å². The number of aliphatic hydroxyl groups is 1. The lowest BCUT2D eigenvalue weighted by Crippen LogP contribution is -2.32. The first-order valence-corrected chi connectivity index (χ1v) is 6.59. The molecule has 96 valence electrons. The summed E-state index contributed by atoms with van der Waals surface area (Å²) < 4.78 is 0. The van der Waals surface area contributed by atoms with Crippen molar-refractivity contribution in [2.24, 2.45) is 0 Å². The quantitative estimate of drug-likeness (QED) is 0.848. The standard InChI is InChI=1S/C16H16N2O/c1-11-16(19)8-9-18(11)15-7-6-12(10-17)13-4-2-3-5-14(13)15/h2-7,11,16,19H,8-9H2,1H3/t11-,16-/m0/s1. The maximum absolute atomic E-state index is 9.91. The Kier molecular flexibility index (Phi) is 2.88. The Balaban J connectivity index is 2.18. The monoisotopic (exact) mass is 252 g/mol. The zero-order valence-electron chi connectivity index (χ0n) is 10.9. The summed E-state index contributed by atoms with van der Waals surface area (Å²) in [6.07, 6.45) is 0.532. The predicted molar refractivity (Wildman–Crippen MR) is 76.1 cm³/mol. The third-order valence-corrected chi connectivity index (χ3v) is 4.05. The highest BCUT2D eigenvalue weighted by Crippen LogP contribution is 2.33. The van der Waals surface area contributed by atoms with E-state index in [4.69, 9.17) is 0 Å². The molecule has 1 saturated heterocycles. The third-order valence-electron chi connectivity index (χ3n) is 4.05. The van der Waals surface area contributed by atoms with E-state index in [0.717, 1.165) is 29.4 Å². The summed E-state index contributed by atoms with van der Waals surface area (Å²) in [6, 6.07) is 14.2. The first kappa shape index (κ1) is 12.0. The molecule has 0 spiro atoms. The molecule has 0 aliphatic carbocycles. The predicted octanol–water partition coefficient (Wildman–Crippen LogP) is 2.67. The van der Waals surface area contributed by atoms with Gasteiger partial charge in [-0.3, -0.25) is 0 Å². The molecule has 0 saturated carbocycles. The van der Waals surface area contributed by atoms with Crippen LogP contribution in [0.1, 0.15) is 18.9 Å². The van der Waals surface area contributed by atoms with Crippen LogP contribution in [0.15, 0.2) is 36.4 Å². The second kappa shape index (κ2) is 4.56. The number of nitrogens with zero attached hydrogens (tertiary/aromatic N) is 2. The lowest BCUT2D eigenvalue weighted by Gasteiger charge is -2.26. The zero-order chi connectivity index (χ0) is 13.4. The Morgan fingerprint density at radius 3 is 2.58 bits per heavy atom. The molecule has 3 nitrogen and oxygen atoms in total. The van der Waals surface area contributed by atoms with Gasteiger partial charge >= 0.3 is 0 Å². The minimum Gasteiger partial charge on any atom is -0.391 e. The molecule has 1 aliphatic heterocycles. The van der Waals surface area contributed by atoms with Gasteiger partial charge in [0.1, 0.15) is 0 Å². The highest BCUT2D eigenvalue weighted by molar-refractivity contribution is 5.98. The first-order chi connectivity index (χ1) is 9.22. The van der Waals surface area contributed by atoms with E-state index in [2.05, 4.69) is 11.0 Å². The minimum absolute atomic E-state index is 0.122. The number of hydrogen-bond donors (Lipinski definition) is 1. The van der Waals surface area contributed by atoms with Gasteiger partial charge < -0.3 is 10.0 Å². The van der Waals surface area contributed by atoms with Crippen LogP contribution < -0.4 is 4.90 Å². The van der Waals surface area contributed by atoms with Gasteiger partial charge in [-0.1, -0.05) is 24.3 Å².